The number of hydrogen-bond donors (Lipinski definition) is 0. The monoisotopic (exact) mass is 224 g/mol. The number of rotatable bonds is 4. The molecule has 1 heteroatoms. The molecule has 87 valence electrons. The predicted octanol–water partition coefficient (Wildman–Crippen LogP) is 3.43. The molecule has 0 atom stereocenters. The van der Waals surface area contributed by atoms with E-state index in [9.17, 15) is 0 Å². The molecule has 0 aliphatic rings. The smallest absolute Gasteiger partial charge is 0.0234 e. The lowest BCUT2D eigenvalue weighted by Gasteiger charge is -2.17. The predicted molar refractivity (Wildman–Crippen MR) is 71.6 cm³/mol. The Morgan fingerprint density at radius 2 is 1.71 bits per heavy atom. The van der Waals surface area contributed by atoms with Crippen LogP contribution in [0.3, 0.4) is 0 Å². The summed E-state index contributed by atoms with van der Waals surface area (Å²) in [5.74, 6) is 0. The lowest BCUT2D eigenvalue weighted by atomic mass is 10.1. The average molecular weight is 224 g/mol. The third kappa shape index (κ3) is 3.72. The third-order valence-electron chi connectivity index (χ3n) is 2.74. The first-order valence-corrected chi connectivity index (χ1v) is 5.93. The fourth-order valence-corrected chi connectivity index (χ4v) is 2.01. The number of nitrogens with zero attached hydrogens (tertiary/aromatic N) is 1. The molecule has 0 aliphatic heterocycles. The zero-order valence-electron chi connectivity index (χ0n) is 10.5. The molecule has 0 saturated heterocycles. The Morgan fingerprint density at radius 1 is 1.00 bits per heavy atom. The fourth-order valence-electron chi connectivity index (χ4n) is 2.01. The van der Waals surface area contributed by atoms with Crippen LogP contribution in [-0.4, -0.2) is 11.9 Å². The lowest BCUT2D eigenvalue weighted by molar-refractivity contribution is 0.319. The second-order valence-corrected chi connectivity index (χ2v) is 4.58. The lowest BCUT2D eigenvalue weighted by Crippen LogP contribution is -2.17. The van der Waals surface area contributed by atoms with Crippen molar-refractivity contribution in [2.45, 2.75) is 20.0 Å². The molecule has 2 rings (SSSR count). The van der Waals surface area contributed by atoms with Crippen molar-refractivity contribution in [3.63, 3.8) is 0 Å². The minimum atomic E-state index is 0.965. The Hall–Kier alpha value is -1.60. The Balaban J connectivity index is 1.96. The van der Waals surface area contributed by atoms with Gasteiger partial charge in [0.15, 0.2) is 0 Å². The summed E-state index contributed by atoms with van der Waals surface area (Å²) in [6.45, 7) is 4.05. The molecule has 0 aliphatic carbocycles. The Morgan fingerprint density at radius 3 is 2.41 bits per heavy atom. The minimum absolute atomic E-state index is 0.965. The highest BCUT2D eigenvalue weighted by Gasteiger charge is 2.01. The highest BCUT2D eigenvalue weighted by molar-refractivity contribution is 5.21. The zero-order chi connectivity index (χ0) is 12.1. The van der Waals surface area contributed by atoms with Crippen LogP contribution in [0.5, 0.6) is 0 Å². The van der Waals surface area contributed by atoms with Gasteiger partial charge in [0.05, 0.1) is 0 Å². The molecule has 0 N–H and O–H groups in total. The van der Waals surface area contributed by atoms with Gasteiger partial charge >= 0.3 is 0 Å². The van der Waals surface area contributed by atoms with Gasteiger partial charge in [-0.15, -0.1) is 0 Å². The van der Waals surface area contributed by atoms with Crippen LogP contribution in [0, 0.1) is 13.0 Å². The highest BCUT2D eigenvalue weighted by atomic mass is 15.1. The molecule has 0 saturated carbocycles. The van der Waals surface area contributed by atoms with Crippen LogP contribution in [0.1, 0.15) is 16.7 Å². The van der Waals surface area contributed by atoms with Gasteiger partial charge in [-0.05, 0) is 37.2 Å². The van der Waals surface area contributed by atoms with E-state index in [0.717, 1.165) is 13.1 Å². The van der Waals surface area contributed by atoms with Crippen molar-refractivity contribution < 1.29 is 0 Å². The van der Waals surface area contributed by atoms with Crippen LogP contribution >= 0.6 is 0 Å². The topological polar surface area (TPSA) is 3.24 Å². The highest BCUT2D eigenvalue weighted by Crippen LogP contribution is 2.09. The summed E-state index contributed by atoms with van der Waals surface area (Å²) in [6, 6.07) is 20.0. The SMILES string of the molecule is Cc1c[c]cc(CN(C)Cc2ccccc2)c1. The molecule has 0 amide bonds. The summed E-state index contributed by atoms with van der Waals surface area (Å²) in [6.07, 6.45) is 0. The van der Waals surface area contributed by atoms with Crippen LogP contribution in [0.2, 0.25) is 0 Å². The van der Waals surface area contributed by atoms with E-state index in [4.69, 9.17) is 0 Å². The van der Waals surface area contributed by atoms with Crippen LogP contribution in [0.25, 0.3) is 0 Å². The average Bonchev–Trinajstić information content (AvgIpc) is 2.30. The number of aryl methyl sites for hydroxylation is 1. The maximum absolute atomic E-state index is 3.17. The molecule has 2 aromatic carbocycles. The Labute approximate surface area is 104 Å². The molecular formula is C16H18N. The molecule has 0 heterocycles. The van der Waals surface area contributed by atoms with Gasteiger partial charge in [-0.1, -0.05) is 48.0 Å². The summed E-state index contributed by atoms with van der Waals surface area (Å²) in [5.41, 5.74) is 3.95. The first kappa shape index (κ1) is 11.9. The van der Waals surface area contributed by atoms with Crippen molar-refractivity contribution in [1.29, 1.82) is 0 Å². The molecule has 0 fully saturated rings. The van der Waals surface area contributed by atoms with Gasteiger partial charge in [-0.2, -0.15) is 0 Å². The molecule has 0 bridgehead atoms. The van der Waals surface area contributed by atoms with Gasteiger partial charge < -0.3 is 0 Å². The van der Waals surface area contributed by atoms with E-state index in [1.165, 1.54) is 16.7 Å². The van der Waals surface area contributed by atoms with Crippen molar-refractivity contribution >= 4 is 0 Å². The molecule has 0 unspecified atom stereocenters. The normalized spacial score (nSPS) is 10.8. The number of hydrogen-bond acceptors (Lipinski definition) is 1. The second kappa shape index (κ2) is 5.65. The quantitative estimate of drug-likeness (QED) is 0.769. The van der Waals surface area contributed by atoms with Crippen LogP contribution < -0.4 is 0 Å². The zero-order valence-corrected chi connectivity index (χ0v) is 10.5. The van der Waals surface area contributed by atoms with E-state index < -0.39 is 0 Å². The van der Waals surface area contributed by atoms with Gasteiger partial charge in [0.25, 0.3) is 0 Å². The molecule has 1 radical (unpaired) electrons. The third-order valence-corrected chi connectivity index (χ3v) is 2.74. The molecule has 2 aromatic rings. The van der Waals surface area contributed by atoms with Crippen LogP contribution in [0.15, 0.2) is 48.5 Å². The van der Waals surface area contributed by atoms with Gasteiger partial charge in [0.2, 0.25) is 0 Å². The maximum Gasteiger partial charge on any atom is 0.0234 e. The first-order chi connectivity index (χ1) is 8.24. The summed E-state index contributed by atoms with van der Waals surface area (Å²) in [4.78, 5) is 2.32. The molecule has 1 nitrogen and oxygen atoms in total. The van der Waals surface area contributed by atoms with E-state index in [1.54, 1.807) is 0 Å². The summed E-state index contributed by atoms with van der Waals surface area (Å²) < 4.78 is 0. The van der Waals surface area contributed by atoms with Crippen LogP contribution in [-0.2, 0) is 13.1 Å². The minimum Gasteiger partial charge on any atom is -0.298 e. The largest absolute Gasteiger partial charge is 0.298 e. The van der Waals surface area contributed by atoms with Gasteiger partial charge in [0.1, 0.15) is 0 Å². The maximum atomic E-state index is 3.17. The summed E-state index contributed by atoms with van der Waals surface area (Å²) >= 11 is 0. The van der Waals surface area contributed by atoms with Crippen molar-refractivity contribution in [3.05, 3.63) is 71.3 Å². The standard InChI is InChI=1S/C16H18N/c1-14-7-6-10-16(11-14)13-17(2)12-15-8-4-3-5-9-15/h3-5,7-11H,12-13H2,1-2H3. The van der Waals surface area contributed by atoms with E-state index >= 15 is 0 Å². The first-order valence-electron chi connectivity index (χ1n) is 5.93. The van der Waals surface area contributed by atoms with E-state index in [2.05, 4.69) is 67.4 Å². The van der Waals surface area contributed by atoms with Gasteiger partial charge in [0, 0.05) is 13.1 Å². The van der Waals surface area contributed by atoms with Crippen molar-refractivity contribution in [1.82, 2.24) is 4.90 Å². The van der Waals surface area contributed by atoms with Crippen molar-refractivity contribution in [2.75, 3.05) is 7.05 Å². The van der Waals surface area contributed by atoms with E-state index in [-0.39, 0.29) is 0 Å². The Bertz CT molecular complexity index is 462. The second-order valence-electron chi connectivity index (χ2n) is 4.58. The van der Waals surface area contributed by atoms with Crippen molar-refractivity contribution in [2.24, 2.45) is 0 Å². The van der Waals surface area contributed by atoms with Gasteiger partial charge in [-0.3, -0.25) is 4.90 Å². The van der Waals surface area contributed by atoms with Gasteiger partial charge in [-0.25, -0.2) is 0 Å². The van der Waals surface area contributed by atoms with Crippen molar-refractivity contribution in [3.8, 4) is 0 Å². The number of benzene rings is 2. The van der Waals surface area contributed by atoms with Crippen LogP contribution in [0.4, 0.5) is 0 Å². The van der Waals surface area contributed by atoms with E-state index in [1.807, 2.05) is 6.07 Å². The molecule has 17 heavy (non-hydrogen) atoms. The molecule has 0 spiro atoms. The summed E-state index contributed by atoms with van der Waals surface area (Å²) in [5, 5.41) is 0. The van der Waals surface area contributed by atoms with E-state index in [0.29, 0.717) is 0 Å². The molecule has 0 aromatic heterocycles. The Kier molecular flexibility index (Phi) is 3.94. The fraction of sp³-hybridized carbons (Fsp3) is 0.250. The molecular weight excluding hydrogens is 206 g/mol. The summed E-state index contributed by atoms with van der Waals surface area (Å²) in [7, 11) is 2.15.